The number of amides is 2. The molecule has 2 unspecified atom stereocenters. The summed E-state index contributed by atoms with van der Waals surface area (Å²) in [5, 5.41) is 12.0. The zero-order chi connectivity index (χ0) is 18.4. The van der Waals surface area contributed by atoms with Crippen molar-refractivity contribution in [3.8, 4) is 0 Å². The molecule has 25 heavy (non-hydrogen) atoms. The Morgan fingerprint density at radius 3 is 2.52 bits per heavy atom. The number of benzene rings is 1. The molecule has 1 heterocycles. The number of hydrogen-bond donors (Lipinski definition) is 2. The molecule has 1 fully saturated rings. The Morgan fingerprint density at radius 1 is 1.24 bits per heavy atom. The first-order valence-corrected chi connectivity index (χ1v) is 8.73. The number of hydrogen-bond acceptors (Lipinski definition) is 3. The highest BCUT2D eigenvalue weighted by molar-refractivity contribution is 5.89. The third kappa shape index (κ3) is 5.31. The minimum Gasteiger partial charge on any atom is -0.481 e. The molecule has 2 amide bonds. The summed E-state index contributed by atoms with van der Waals surface area (Å²) in [6.45, 7) is 4.51. The monoisotopic (exact) mass is 346 g/mol. The van der Waals surface area contributed by atoms with Gasteiger partial charge in [0.15, 0.2) is 0 Å². The normalized spacial score (nSPS) is 18.7. The molecule has 2 rings (SSSR count). The SMILES string of the molecule is CC(C)C(NC(=O)Cc1ccccc1)C(=O)N1CCCC(C(=O)O)C1. The number of rotatable bonds is 6. The van der Waals surface area contributed by atoms with E-state index in [0.29, 0.717) is 19.4 Å². The Labute approximate surface area is 148 Å². The minimum atomic E-state index is -0.869. The lowest BCUT2D eigenvalue weighted by atomic mass is 9.95. The number of piperidine rings is 1. The Hall–Kier alpha value is -2.37. The molecular weight excluding hydrogens is 320 g/mol. The van der Waals surface area contributed by atoms with Gasteiger partial charge < -0.3 is 15.3 Å². The van der Waals surface area contributed by atoms with Crippen molar-refractivity contribution in [1.29, 1.82) is 0 Å². The van der Waals surface area contributed by atoms with E-state index in [2.05, 4.69) is 5.32 Å². The van der Waals surface area contributed by atoms with Gasteiger partial charge >= 0.3 is 5.97 Å². The average molecular weight is 346 g/mol. The van der Waals surface area contributed by atoms with Crippen LogP contribution in [0.5, 0.6) is 0 Å². The molecule has 0 aliphatic carbocycles. The molecule has 0 aromatic heterocycles. The molecular formula is C19H26N2O4. The minimum absolute atomic E-state index is 0.0718. The van der Waals surface area contributed by atoms with Gasteiger partial charge in [0.1, 0.15) is 6.04 Å². The second-order valence-electron chi connectivity index (χ2n) is 6.91. The molecule has 1 aliphatic heterocycles. The van der Waals surface area contributed by atoms with Gasteiger partial charge in [0, 0.05) is 13.1 Å². The second-order valence-corrected chi connectivity index (χ2v) is 6.91. The van der Waals surface area contributed by atoms with Crippen molar-refractivity contribution >= 4 is 17.8 Å². The van der Waals surface area contributed by atoms with E-state index >= 15 is 0 Å². The van der Waals surface area contributed by atoms with Gasteiger partial charge in [-0.15, -0.1) is 0 Å². The lowest BCUT2D eigenvalue weighted by Gasteiger charge is -2.34. The Bertz CT molecular complexity index is 615. The molecule has 6 heteroatoms. The molecule has 1 aromatic rings. The van der Waals surface area contributed by atoms with Crippen LogP contribution in [0.25, 0.3) is 0 Å². The maximum Gasteiger partial charge on any atom is 0.308 e. The number of carbonyl (C=O) groups is 3. The van der Waals surface area contributed by atoms with Crippen LogP contribution in [0.4, 0.5) is 0 Å². The van der Waals surface area contributed by atoms with Crippen LogP contribution in [0.3, 0.4) is 0 Å². The highest BCUT2D eigenvalue weighted by atomic mass is 16.4. The summed E-state index contributed by atoms with van der Waals surface area (Å²) in [6.07, 6.45) is 1.48. The first-order valence-electron chi connectivity index (χ1n) is 8.73. The van der Waals surface area contributed by atoms with E-state index < -0.39 is 17.9 Å². The molecule has 2 N–H and O–H groups in total. The molecule has 1 aromatic carbocycles. The number of likely N-dealkylation sites (tertiary alicyclic amines) is 1. The quantitative estimate of drug-likeness (QED) is 0.821. The van der Waals surface area contributed by atoms with Crippen LogP contribution in [0.1, 0.15) is 32.3 Å². The summed E-state index contributed by atoms with van der Waals surface area (Å²) in [5.41, 5.74) is 0.888. The van der Waals surface area contributed by atoms with Crippen molar-refractivity contribution in [2.24, 2.45) is 11.8 Å². The maximum absolute atomic E-state index is 12.8. The fraction of sp³-hybridized carbons (Fsp3) is 0.526. The number of carboxylic acid groups (broad SMARTS) is 1. The number of nitrogens with one attached hydrogen (secondary N) is 1. The molecule has 136 valence electrons. The van der Waals surface area contributed by atoms with Crippen molar-refractivity contribution in [2.45, 2.75) is 39.2 Å². The number of carbonyl (C=O) groups excluding carboxylic acids is 2. The molecule has 0 radical (unpaired) electrons. The number of carboxylic acids is 1. The first kappa shape index (κ1) is 19.0. The van der Waals surface area contributed by atoms with Crippen LogP contribution in [0.15, 0.2) is 30.3 Å². The van der Waals surface area contributed by atoms with Crippen LogP contribution in [0.2, 0.25) is 0 Å². The molecule has 0 bridgehead atoms. The van der Waals surface area contributed by atoms with E-state index in [-0.39, 0.29) is 30.7 Å². The summed E-state index contributed by atoms with van der Waals surface area (Å²) < 4.78 is 0. The van der Waals surface area contributed by atoms with Gasteiger partial charge in [0.2, 0.25) is 11.8 Å². The summed E-state index contributed by atoms with van der Waals surface area (Å²) in [7, 11) is 0. The standard InChI is InChI=1S/C19H26N2O4/c1-13(2)17(20-16(22)11-14-7-4-3-5-8-14)18(23)21-10-6-9-15(12-21)19(24)25/h3-5,7-8,13,15,17H,6,9-12H2,1-2H3,(H,20,22)(H,24,25). The predicted molar refractivity (Wildman–Crippen MR) is 93.9 cm³/mol. The van der Waals surface area contributed by atoms with Gasteiger partial charge in [0.25, 0.3) is 0 Å². The van der Waals surface area contributed by atoms with Crippen molar-refractivity contribution in [1.82, 2.24) is 10.2 Å². The van der Waals surface area contributed by atoms with Gasteiger partial charge in [-0.3, -0.25) is 14.4 Å². The fourth-order valence-corrected chi connectivity index (χ4v) is 3.09. The van der Waals surface area contributed by atoms with Gasteiger partial charge in [-0.1, -0.05) is 44.2 Å². The smallest absolute Gasteiger partial charge is 0.308 e. The molecule has 0 spiro atoms. The van der Waals surface area contributed by atoms with Gasteiger partial charge in [-0.05, 0) is 24.3 Å². The topological polar surface area (TPSA) is 86.7 Å². The molecule has 1 aliphatic rings. The largest absolute Gasteiger partial charge is 0.481 e. The zero-order valence-electron chi connectivity index (χ0n) is 14.8. The van der Waals surface area contributed by atoms with Crippen LogP contribution in [-0.4, -0.2) is 46.9 Å². The van der Waals surface area contributed by atoms with E-state index in [0.717, 1.165) is 5.56 Å². The maximum atomic E-state index is 12.8. The van der Waals surface area contributed by atoms with Gasteiger partial charge in [-0.25, -0.2) is 0 Å². The number of nitrogens with zero attached hydrogens (tertiary/aromatic N) is 1. The van der Waals surface area contributed by atoms with Crippen molar-refractivity contribution in [3.63, 3.8) is 0 Å². The fourth-order valence-electron chi connectivity index (χ4n) is 3.09. The summed E-state index contributed by atoms with van der Waals surface area (Å²) in [5.74, 6) is -1.86. The molecule has 2 atom stereocenters. The summed E-state index contributed by atoms with van der Waals surface area (Å²) in [4.78, 5) is 37.9. The summed E-state index contributed by atoms with van der Waals surface area (Å²) >= 11 is 0. The lowest BCUT2D eigenvalue weighted by Crippen LogP contribution is -2.54. The first-order chi connectivity index (χ1) is 11.9. The third-order valence-electron chi connectivity index (χ3n) is 4.54. The van der Waals surface area contributed by atoms with E-state index in [1.54, 1.807) is 4.90 Å². The Kier molecular flexibility index (Phi) is 6.56. The van der Waals surface area contributed by atoms with Crippen LogP contribution in [-0.2, 0) is 20.8 Å². The van der Waals surface area contributed by atoms with Crippen LogP contribution < -0.4 is 5.32 Å². The van der Waals surface area contributed by atoms with E-state index in [1.807, 2.05) is 44.2 Å². The van der Waals surface area contributed by atoms with Gasteiger partial charge in [0.05, 0.1) is 12.3 Å². The zero-order valence-corrected chi connectivity index (χ0v) is 14.8. The van der Waals surface area contributed by atoms with E-state index in [1.165, 1.54) is 0 Å². The van der Waals surface area contributed by atoms with E-state index in [4.69, 9.17) is 0 Å². The Morgan fingerprint density at radius 2 is 1.92 bits per heavy atom. The molecule has 1 saturated heterocycles. The van der Waals surface area contributed by atoms with Crippen molar-refractivity contribution in [2.75, 3.05) is 13.1 Å². The highest BCUT2D eigenvalue weighted by Gasteiger charge is 2.33. The van der Waals surface area contributed by atoms with E-state index in [9.17, 15) is 19.5 Å². The highest BCUT2D eigenvalue weighted by Crippen LogP contribution is 2.19. The second kappa shape index (κ2) is 8.65. The van der Waals surface area contributed by atoms with Crippen molar-refractivity contribution < 1.29 is 19.5 Å². The Balaban J connectivity index is 2.00. The van der Waals surface area contributed by atoms with Crippen LogP contribution >= 0.6 is 0 Å². The third-order valence-corrected chi connectivity index (χ3v) is 4.54. The molecule has 6 nitrogen and oxygen atoms in total. The van der Waals surface area contributed by atoms with Gasteiger partial charge in [-0.2, -0.15) is 0 Å². The van der Waals surface area contributed by atoms with Crippen molar-refractivity contribution in [3.05, 3.63) is 35.9 Å². The lowest BCUT2D eigenvalue weighted by molar-refractivity contribution is -0.147. The number of aliphatic carboxylic acids is 1. The van der Waals surface area contributed by atoms with Crippen LogP contribution in [0, 0.1) is 11.8 Å². The average Bonchev–Trinajstić information content (AvgIpc) is 2.60. The summed E-state index contributed by atoms with van der Waals surface area (Å²) in [6, 6.07) is 8.73. The predicted octanol–water partition coefficient (Wildman–Crippen LogP) is 1.69. The molecule has 0 saturated carbocycles.